The van der Waals surface area contributed by atoms with Crippen molar-refractivity contribution in [3.63, 3.8) is 0 Å². The molecule has 0 amide bonds. The second-order valence-electron chi connectivity index (χ2n) is 2.22. The maximum atomic E-state index is 5.71. The Morgan fingerprint density at radius 1 is 1.62 bits per heavy atom. The number of anilines is 1. The van der Waals surface area contributed by atoms with Crippen LogP contribution in [0.5, 0.6) is 0 Å². The van der Waals surface area contributed by atoms with Crippen molar-refractivity contribution in [2.75, 3.05) is 25.2 Å². The van der Waals surface area contributed by atoms with Crippen LogP contribution in [0.1, 0.15) is 0 Å². The van der Waals surface area contributed by atoms with E-state index in [-0.39, 0.29) is 0 Å². The van der Waals surface area contributed by atoms with Crippen LogP contribution in [-0.2, 0) is 4.74 Å². The molecule has 0 unspecified atom stereocenters. The van der Waals surface area contributed by atoms with E-state index < -0.39 is 0 Å². The molecule has 0 spiro atoms. The summed E-state index contributed by atoms with van der Waals surface area (Å²) >= 11 is 7.21. The molecule has 2 N–H and O–H groups in total. The van der Waals surface area contributed by atoms with E-state index in [1.165, 1.54) is 18.1 Å². The number of halogens is 1. The van der Waals surface area contributed by atoms with Gasteiger partial charge in [-0.1, -0.05) is 11.6 Å². The highest BCUT2D eigenvalue weighted by molar-refractivity contribution is 7.99. The molecule has 0 atom stereocenters. The standard InChI is InChI=1S/C7H10ClN3OS/c1-12-2-3-13-7-5(9)6(8)10-4-11-7/h4H,2-3,9H2,1H3. The van der Waals surface area contributed by atoms with Crippen LogP contribution in [0.4, 0.5) is 5.69 Å². The lowest BCUT2D eigenvalue weighted by molar-refractivity contribution is 0.218. The number of hydrogen-bond donors (Lipinski definition) is 1. The van der Waals surface area contributed by atoms with Crippen molar-refractivity contribution in [3.05, 3.63) is 11.5 Å². The minimum Gasteiger partial charge on any atom is -0.394 e. The highest BCUT2D eigenvalue weighted by Crippen LogP contribution is 2.26. The molecule has 0 saturated heterocycles. The highest BCUT2D eigenvalue weighted by atomic mass is 35.5. The van der Waals surface area contributed by atoms with E-state index in [1.807, 2.05) is 0 Å². The van der Waals surface area contributed by atoms with Gasteiger partial charge >= 0.3 is 0 Å². The van der Waals surface area contributed by atoms with Gasteiger partial charge in [0, 0.05) is 12.9 Å². The molecule has 0 aliphatic heterocycles. The van der Waals surface area contributed by atoms with Crippen LogP contribution in [0.25, 0.3) is 0 Å². The van der Waals surface area contributed by atoms with E-state index in [4.69, 9.17) is 22.1 Å². The molecule has 0 fully saturated rings. The minimum absolute atomic E-state index is 0.301. The summed E-state index contributed by atoms with van der Waals surface area (Å²) in [5, 5.41) is 1.01. The van der Waals surface area contributed by atoms with E-state index in [9.17, 15) is 0 Å². The largest absolute Gasteiger partial charge is 0.394 e. The first-order valence-electron chi connectivity index (χ1n) is 3.63. The van der Waals surface area contributed by atoms with Crippen LogP contribution in [0.2, 0.25) is 5.15 Å². The molecule has 1 heterocycles. The lowest BCUT2D eigenvalue weighted by Crippen LogP contribution is -1.98. The summed E-state index contributed by atoms with van der Waals surface area (Å²) < 4.78 is 4.90. The van der Waals surface area contributed by atoms with Crippen LogP contribution in [0.3, 0.4) is 0 Å². The number of nitrogen functional groups attached to an aromatic ring is 1. The molecule has 0 aliphatic rings. The first kappa shape index (κ1) is 10.6. The van der Waals surface area contributed by atoms with E-state index in [2.05, 4.69) is 9.97 Å². The fourth-order valence-electron chi connectivity index (χ4n) is 0.696. The zero-order valence-corrected chi connectivity index (χ0v) is 8.73. The predicted molar refractivity (Wildman–Crippen MR) is 54.1 cm³/mol. The molecule has 1 aromatic heterocycles. The molecular weight excluding hydrogens is 210 g/mol. The van der Waals surface area contributed by atoms with Crippen molar-refractivity contribution in [2.45, 2.75) is 5.03 Å². The zero-order valence-electron chi connectivity index (χ0n) is 7.16. The summed E-state index contributed by atoms with van der Waals surface area (Å²) in [6, 6.07) is 0. The van der Waals surface area contributed by atoms with Crippen molar-refractivity contribution in [2.24, 2.45) is 0 Å². The van der Waals surface area contributed by atoms with Crippen molar-refractivity contribution >= 4 is 29.1 Å². The maximum Gasteiger partial charge on any atom is 0.156 e. The van der Waals surface area contributed by atoms with Gasteiger partial charge < -0.3 is 10.5 Å². The van der Waals surface area contributed by atoms with Crippen LogP contribution < -0.4 is 5.73 Å². The van der Waals surface area contributed by atoms with Gasteiger partial charge in [0.25, 0.3) is 0 Å². The van der Waals surface area contributed by atoms with E-state index in [1.54, 1.807) is 7.11 Å². The minimum atomic E-state index is 0.301. The Morgan fingerprint density at radius 2 is 2.38 bits per heavy atom. The Balaban J connectivity index is 2.61. The highest BCUT2D eigenvalue weighted by Gasteiger charge is 2.05. The van der Waals surface area contributed by atoms with Gasteiger partial charge in [0.05, 0.1) is 6.61 Å². The van der Waals surface area contributed by atoms with Gasteiger partial charge in [-0.2, -0.15) is 0 Å². The quantitative estimate of drug-likeness (QED) is 0.472. The number of nitrogens with zero attached hydrogens (tertiary/aromatic N) is 2. The molecule has 0 saturated carbocycles. The average molecular weight is 220 g/mol. The van der Waals surface area contributed by atoms with Crippen LogP contribution in [-0.4, -0.2) is 29.4 Å². The lowest BCUT2D eigenvalue weighted by Gasteiger charge is -2.03. The molecule has 1 rings (SSSR count). The van der Waals surface area contributed by atoms with Gasteiger partial charge in [-0.3, -0.25) is 0 Å². The van der Waals surface area contributed by atoms with E-state index >= 15 is 0 Å². The van der Waals surface area contributed by atoms with Crippen LogP contribution in [0.15, 0.2) is 11.4 Å². The number of nitrogens with two attached hydrogens (primary N) is 1. The first-order chi connectivity index (χ1) is 6.25. The summed E-state index contributed by atoms with van der Waals surface area (Å²) in [5.74, 6) is 0.800. The Morgan fingerprint density at radius 3 is 3.08 bits per heavy atom. The van der Waals surface area contributed by atoms with Gasteiger partial charge in [-0.25, -0.2) is 9.97 Å². The molecule has 72 valence electrons. The molecule has 4 nitrogen and oxygen atoms in total. The SMILES string of the molecule is COCCSc1ncnc(Cl)c1N. The van der Waals surface area contributed by atoms with Crippen molar-refractivity contribution in [1.82, 2.24) is 9.97 Å². The smallest absolute Gasteiger partial charge is 0.156 e. The zero-order chi connectivity index (χ0) is 9.68. The second-order valence-corrected chi connectivity index (χ2v) is 3.67. The van der Waals surface area contributed by atoms with Gasteiger partial charge in [0.15, 0.2) is 5.15 Å². The molecule has 6 heteroatoms. The molecule has 0 aliphatic carbocycles. The summed E-state index contributed by atoms with van der Waals surface area (Å²) in [6.07, 6.45) is 1.40. The second kappa shape index (κ2) is 5.26. The third-order valence-electron chi connectivity index (χ3n) is 1.32. The van der Waals surface area contributed by atoms with Crippen LogP contribution >= 0.6 is 23.4 Å². The third kappa shape index (κ3) is 3.02. The number of aromatic nitrogens is 2. The van der Waals surface area contributed by atoms with Gasteiger partial charge in [0.2, 0.25) is 0 Å². The number of methoxy groups -OCH3 is 1. The van der Waals surface area contributed by atoms with E-state index in [0.717, 1.165) is 5.75 Å². The van der Waals surface area contributed by atoms with Gasteiger partial charge in [-0.05, 0) is 0 Å². The molecular formula is C7H10ClN3OS. The molecule has 1 aromatic rings. The molecule has 0 aromatic carbocycles. The molecule has 13 heavy (non-hydrogen) atoms. The number of ether oxygens (including phenoxy) is 1. The van der Waals surface area contributed by atoms with Crippen LogP contribution in [0, 0.1) is 0 Å². The average Bonchev–Trinajstić information content (AvgIpc) is 2.13. The van der Waals surface area contributed by atoms with Gasteiger partial charge in [-0.15, -0.1) is 11.8 Å². The summed E-state index contributed by atoms with van der Waals surface area (Å²) in [4.78, 5) is 7.75. The Bertz CT molecular complexity index is 284. The predicted octanol–water partition coefficient (Wildman–Crippen LogP) is 1.45. The number of thioether (sulfide) groups is 1. The Kier molecular flexibility index (Phi) is 4.27. The van der Waals surface area contributed by atoms with Crippen molar-refractivity contribution in [3.8, 4) is 0 Å². The number of hydrogen-bond acceptors (Lipinski definition) is 5. The summed E-state index contributed by atoms with van der Waals surface area (Å²) in [5.41, 5.74) is 6.08. The summed E-state index contributed by atoms with van der Waals surface area (Å²) in [7, 11) is 1.65. The Labute approximate surface area is 85.8 Å². The Hall–Kier alpha value is -0.520. The topological polar surface area (TPSA) is 61.0 Å². The molecule has 0 bridgehead atoms. The monoisotopic (exact) mass is 219 g/mol. The molecule has 0 radical (unpaired) electrons. The fourth-order valence-corrected chi connectivity index (χ4v) is 1.70. The fraction of sp³-hybridized carbons (Fsp3) is 0.429. The van der Waals surface area contributed by atoms with Crippen molar-refractivity contribution in [1.29, 1.82) is 0 Å². The van der Waals surface area contributed by atoms with Crippen molar-refractivity contribution < 1.29 is 4.74 Å². The normalized spacial score (nSPS) is 10.3. The van der Waals surface area contributed by atoms with E-state index in [0.29, 0.717) is 22.5 Å². The third-order valence-corrected chi connectivity index (χ3v) is 2.60. The summed E-state index contributed by atoms with van der Waals surface area (Å²) in [6.45, 7) is 0.658. The van der Waals surface area contributed by atoms with Gasteiger partial charge in [0.1, 0.15) is 17.0 Å². The lowest BCUT2D eigenvalue weighted by atomic mass is 10.6. The maximum absolute atomic E-state index is 5.71. The number of rotatable bonds is 4. The first-order valence-corrected chi connectivity index (χ1v) is 4.99.